The average Bonchev–Trinajstić information content (AvgIpc) is 2.45. The Morgan fingerprint density at radius 1 is 1.05 bits per heavy atom. The van der Waals surface area contributed by atoms with Gasteiger partial charge in [0.05, 0.1) is 32.5 Å². The van der Waals surface area contributed by atoms with E-state index in [-0.39, 0.29) is 12.1 Å². The Kier molecular flexibility index (Phi) is 7.59. The quantitative estimate of drug-likeness (QED) is 0.707. The topological polar surface area (TPSA) is 53.7 Å². The smallest absolute Gasteiger partial charge is 0.118 e. The van der Waals surface area contributed by atoms with Crippen molar-refractivity contribution in [3.8, 4) is 5.75 Å². The fourth-order valence-electron chi connectivity index (χ4n) is 1.81. The van der Waals surface area contributed by atoms with Crippen molar-refractivity contribution >= 4 is 0 Å². The van der Waals surface area contributed by atoms with Crippen molar-refractivity contribution < 1.29 is 14.2 Å². The van der Waals surface area contributed by atoms with Crippen molar-refractivity contribution in [2.45, 2.75) is 32.9 Å². The second-order valence-corrected chi connectivity index (χ2v) is 5.34. The van der Waals surface area contributed by atoms with Crippen LogP contribution in [0.2, 0.25) is 0 Å². The molecular formula is C16H27NO3. The molecule has 0 aliphatic rings. The Bertz CT molecular complexity index is 364. The minimum Gasteiger partial charge on any atom is -0.497 e. The van der Waals surface area contributed by atoms with Gasteiger partial charge in [-0.3, -0.25) is 0 Å². The van der Waals surface area contributed by atoms with Crippen LogP contribution in [0.25, 0.3) is 0 Å². The molecule has 0 saturated heterocycles. The van der Waals surface area contributed by atoms with E-state index in [4.69, 9.17) is 19.9 Å². The van der Waals surface area contributed by atoms with E-state index < -0.39 is 0 Å². The molecular weight excluding hydrogens is 254 g/mol. The van der Waals surface area contributed by atoms with E-state index in [1.165, 1.54) is 0 Å². The number of methoxy groups -OCH3 is 1. The van der Waals surface area contributed by atoms with Gasteiger partial charge in [0.1, 0.15) is 5.75 Å². The lowest BCUT2D eigenvalue weighted by Crippen LogP contribution is -2.27. The molecule has 1 rings (SSSR count). The predicted molar refractivity (Wildman–Crippen MR) is 81.0 cm³/mol. The van der Waals surface area contributed by atoms with E-state index in [0.717, 1.165) is 17.9 Å². The van der Waals surface area contributed by atoms with Gasteiger partial charge in [0, 0.05) is 6.61 Å². The Morgan fingerprint density at radius 3 is 2.25 bits per heavy atom. The third-order valence-electron chi connectivity index (χ3n) is 3.07. The van der Waals surface area contributed by atoms with Crippen molar-refractivity contribution in [2.75, 3.05) is 26.9 Å². The van der Waals surface area contributed by atoms with Crippen LogP contribution in [0.1, 0.15) is 32.4 Å². The van der Waals surface area contributed by atoms with Gasteiger partial charge in [0.25, 0.3) is 0 Å². The summed E-state index contributed by atoms with van der Waals surface area (Å²) in [6.45, 7) is 8.18. The fourth-order valence-corrected chi connectivity index (χ4v) is 1.81. The zero-order valence-electron chi connectivity index (χ0n) is 13.0. The van der Waals surface area contributed by atoms with Gasteiger partial charge in [-0.25, -0.2) is 0 Å². The van der Waals surface area contributed by atoms with Crippen LogP contribution in [0.15, 0.2) is 24.3 Å². The van der Waals surface area contributed by atoms with Gasteiger partial charge in [0.15, 0.2) is 0 Å². The summed E-state index contributed by atoms with van der Waals surface area (Å²) < 4.78 is 16.3. The lowest BCUT2D eigenvalue weighted by Gasteiger charge is -2.21. The van der Waals surface area contributed by atoms with Crippen LogP contribution in [0.4, 0.5) is 0 Å². The molecule has 1 aromatic carbocycles. The van der Waals surface area contributed by atoms with Crippen LogP contribution in [-0.4, -0.2) is 33.0 Å². The molecule has 2 N–H and O–H groups in total. The van der Waals surface area contributed by atoms with Crippen LogP contribution in [0, 0.1) is 5.92 Å². The van der Waals surface area contributed by atoms with Gasteiger partial charge >= 0.3 is 0 Å². The van der Waals surface area contributed by atoms with Crippen LogP contribution in [0.5, 0.6) is 5.75 Å². The van der Waals surface area contributed by atoms with Crippen LogP contribution in [0.3, 0.4) is 0 Å². The number of benzene rings is 1. The zero-order valence-corrected chi connectivity index (χ0v) is 13.0. The summed E-state index contributed by atoms with van der Waals surface area (Å²) >= 11 is 0. The van der Waals surface area contributed by atoms with Gasteiger partial charge in [-0.05, 0) is 30.5 Å². The van der Waals surface area contributed by atoms with E-state index in [1.54, 1.807) is 7.11 Å². The van der Waals surface area contributed by atoms with Crippen molar-refractivity contribution in [3.63, 3.8) is 0 Å². The SMILES string of the molecule is COc1ccc(C(N)C(C)OCCOCC(C)C)cc1. The fraction of sp³-hybridized carbons (Fsp3) is 0.625. The summed E-state index contributed by atoms with van der Waals surface area (Å²) in [5, 5.41) is 0. The number of nitrogens with two attached hydrogens (primary N) is 1. The van der Waals surface area contributed by atoms with E-state index in [0.29, 0.717) is 19.1 Å². The summed E-state index contributed by atoms with van der Waals surface area (Å²) in [5.74, 6) is 1.38. The Labute approximate surface area is 122 Å². The van der Waals surface area contributed by atoms with Crippen LogP contribution >= 0.6 is 0 Å². The Balaban J connectivity index is 2.32. The maximum absolute atomic E-state index is 6.19. The molecule has 0 fully saturated rings. The summed E-state index contributed by atoms with van der Waals surface area (Å²) in [7, 11) is 1.65. The van der Waals surface area contributed by atoms with Crippen molar-refractivity contribution in [1.29, 1.82) is 0 Å². The first-order chi connectivity index (χ1) is 9.54. The highest BCUT2D eigenvalue weighted by Crippen LogP contribution is 2.19. The molecule has 20 heavy (non-hydrogen) atoms. The molecule has 0 aliphatic carbocycles. The third-order valence-corrected chi connectivity index (χ3v) is 3.07. The monoisotopic (exact) mass is 281 g/mol. The van der Waals surface area contributed by atoms with Gasteiger partial charge in [0.2, 0.25) is 0 Å². The standard InChI is InChI=1S/C16H27NO3/c1-12(2)11-19-9-10-20-13(3)16(17)14-5-7-15(18-4)8-6-14/h5-8,12-13,16H,9-11,17H2,1-4H3. The van der Waals surface area contributed by atoms with Crippen LogP contribution < -0.4 is 10.5 Å². The normalized spacial score (nSPS) is 14.3. The Morgan fingerprint density at radius 2 is 1.70 bits per heavy atom. The third kappa shape index (κ3) is 5.90. The first kappa shape index (κ1) is 17.0. The average molecular weight is 281 g/mol. The molecule has 0 radical (unpaired) electrons. The van der Waals surface area contributed by atoms with E-state index >= 15 is 0 Å². The lowest BCUT2D eigenvalue weighted by molar-refractivity contribution is -0.00317. The number of hydrogen-bond acceptors (Lipinski definition) is 4. The van der Waals surface area contributed by atoms with Crippen LogP contribution in [-0.2, 0) is 9.47 Å². The van der Waals surface area contributed by atoms with Gasteiger partial charge in [-0.1, -0.05) is 26.0 Å². The molecule has 4 nitrogen and oxygen atoms in total. The molecule has 1 aromatic rings. The summed E-state index contributed by atoms with van der Waals surface area (Å²) in [6, 6.07) is 7.62. The molecule has 0 heterocycles. The summed E-state index contributed by atoms with van der Waals surface area (Å²) in [5.41, 5.74) is 7.23. The summed E-state index contributed by atoms with van der Waals surface area (Å²) in [4.78, 5) is 0. The minimum absolute atomic E-state index is 0.0500. The molecule has 2 unspecified atom stereocenters. The summed E-state index contributed by atoms with van der Waals surface area (Å²) in [6.07, 6.45) is -0.0500. The highest BCUT2D eigenvalue weighted by molar-refractivity contribution is 5.29. The van der Waals surface area contributed by atoms with Gasteiger partial charge in [-0.2, -0.15) is 0 Å². The second kappa shape index (κ2) is 8.95. The van der Waals surface area contributed by atoms with Crippen molar-refractivity contribution in [1.82, 2.24) is 0 Å². The molecule has 0 amide bonds. The predicted octanol–water partition coefficient (Wildman–Crippen LogP) is 2.77. The number of ether oxygens (including phenoxy) is 3. The van der Waals surface area contributed by atoms with E-state index in [2.05, 4.69) is 13.8 Å². The van der Waals surface area contributed by atoms with Crippen molar-refractivity contribution in [3.05, 3.63) is 29.8 Å². The zero-order chi connectivity index (χ0) is 15.0. The molecule has 0 saturated carbocycles. The molecule has 4 heteroatoms. The molecule has 2 atom stereocenters. The largest absolute Gasteiger partial charge is 0.497 e. The maximum atomic E-state index is 6.19. The molecule has 114 valence electrons. The minimum atomic E-state index is -0.147. The molecule has 0 aliphatic heterocycles. The molecule has 0 bridgehead atoms. The second-order valence-electron chi connectivity index (χ2n) is 5.34. The lowest BCUT2D eigenvalue weighted by atomic mass is 10.0. The number of rotatable bonds is 9. The van der Waals surface area contributed by atoms with Gasteiger partial charge < -0.3 is 19.9 Å². The Hall–Kier alpha value is -1.10. The molecule has 0 spiro atoms. The van der Waals surface area contributed by atoms with E-state index in [1.807, 2.05) is 31.2 Å². The highest BCUT2D eigenvalue weighted by atomic mass is 16.5. The number of hydrogen-bond donors (Lipinski definition) is 1. The highest BCUT2D eigenvalue weighted by Gasteiger charge is 2.15. The molecule has 0 aromatic heterocycles. The van der Waals surface area contributed by atoms with Crippen molar-refractivity contribution in [2.24, 2.45) is 11.7 Å². The first-order valence-electron chi connectivity index (χ1n) is 7.13. The first-order valence-corrected chi connectivity index (χ1v) is 7.13. The van der Waals surface area contributed by atoms with E-state index in [9.17, 15) is 0 Å². The van der Waals surface area contributed by atoms with Gasteiger partial charge in [-0.15, -0.1) is 0 Å². The maximum Gasteiger partial charge on any atom is 0.118 e.